The highest BCUT2D eigenvalue weighted by atomic mass is 19.1. The van der Waals surface area contributed by atoms with Crippen molar-refractivity contribution in [2.24, 2.45) is 0 Å². The molecule has 0 aliphatic heterocycles. The molecule has 0 aromatic heterocycles. The van der Waals surface area contributed by atoms with Gasteiger partial charge in [0.2, 0.25) is 0 Å². The second-order valence-electron chi connectivity index (χ2n) is 4.71. The second kappa shape index (κ2) is 5.83. The molecule has 0 aliphatic carbocycles. The van der Waals surface area contributed by atoms with E-state index < -0.39 is 5.97 Å². The molecule has 21 heavy (non-hydrogen) atoms. The fraction of sp³-hybridized carbons (Fsp3) is 0.188. The van der Waals surface area contributed by atoms with Crippen LogP contribution in [0.15, 0.2) is 30.3 Å². The molecule has 2 rings (SSSR count). The molecule has 0 saturated heterocycles. The zero-order chi connectivity index (χ0) is 15.6. The van der Waals surface area contributed by atoms with E-state index in [0.717, 1.165) is 0 Å². The third kappa shape index (κ3) is 3.13. The number of benzene rings is 2. The number of hydrogen-bond donors (Lipinski definition) is 1. The van der Waals surface area contributed by atoms with Gasteiger partial charge in [0, 0.05) is 5.69 Å². The number of carbonyl (C=O) groups excluding carboxylic acids is 1. The number of methoxy groups -OCH3 is 1. The minimum atomic E-state index is -0.531. The summed E-state index contributed by atoms with van der Waals surface area (Å²) in [7, 11) is 1.29. The van der Waals surface area contributed by atoms with Crippen LogP contribution in [0.4, 0.5) is 10.1 Å². The Labute approximate surface area is 122 Å². The summed E-state index contributed by atoms with van der Waals surface area (Å²) >= 11 is 0. The number of nitrogen functional groups attached to an aromatic ring is 1. The van der Waals surface area contributed by atoms with Crippen LogP contribution in [-0.2, 0) is 4.74 Å². The Morgan fingerprint density at radius 2 is 1.76 bits per heavy atom. The van der Waals surface area contributed by atoms with Gasteiger partial charge in [0.25, 0.3) is 0 Å². The lowest BCUT2D eigenvalue weighted by Gasteiger charge is -2.12. The van der Waals surface area contributed by atoms with Crippen LogP contribution in [0, 0.1) is 19.7 Å². The number of ether oxygens (including phenoxy) is 2. The number of halogens is 1. The van der Waals surface area contributed by atoms with E-state index >= 15 is 0 Å². The number of carbonyl (C=O) groups is 1. The van der Waals surface area contributed by atoms with Crippen LogP contribution in [0.25, 0.3) is 0 Å². The fourth-order valence-corrected chi connectivity index (χ4v) is 1.92. The minimum absolute atomic E-state index is 0.242. The number of hydrogen-bond acceptors (Lipinski definition) is 4. The maximum Gasteiger partial charge on any atom is 0.340 e. The first-order chi connectivity index (χ1) is 9.92. The van der Waals surface area contributed by atoms with Crippen LogP contribution >= 0.6 is 0 Å². The molecule has 0 saturated carbocycles. The molecule has 2 aromatic rings. The Morgan fingerprint density at radius 3 is 2.38 bits per heavy atom. The van der Waals surface area contributed by atoms with Crippen molar-refractivity contribution in [3.63, 3.8) is 0 Å². The molecule has 4 nitrogen and oxygen atoms in total. The van der Waals surface area contributed by atoms with Crippen molar-refractivity contribution < 1.29 is 18.7 Å². The quantitative estimate of drug-likeness (QED) is 0.692. The average Bonchev–Trinajstić information content (AvgIpc) is 2.45. The molecule has 0 fully saturated rings. The summed E-state index contributed by atoms with van der Waals surface area (Å²) in [5.41, 5.74) is 7.63. The van der Waals surface area contributed by atoms with Crippen LogP contribution in [0.1, 0.15) is 21.5 Å². The first kappa shape index (κ1) is 14.8. The molecule has 2 aromatic carbocycles. The van der Waals surface area contributed by atoms with Crippen molar-refractivity contribution in [2.75, 3.05) is 12.8 Å². The van der Waals surface area contributed by atoms with Gasteiger partial charge < -0.3 is 15.2 Å². The number of esters is 1. The standard InChI is InChI=1S/C16H16FNO3/c1-9-6-11(4-5-14(9)17)21-12-7-10(2)15(18)13(8-12)16(19)20-3/h4-8H,18H2,1-3H3. The van der Waals surface area contributed by atoms with E-state index in [1.165, 1.54) is 25.3 Å². The van der Waals surface area contributed by atoms with E-state index in [0.29, 0.717) is 28.3 Å². The number of nitrogens with two attached hydrogens (primary N) is 1. The van der Waals surface area contributed by atoms with Gasteiger partial charge in [0.05, 0.1) is 12.7 Å². The Morgan fingerprint density at radius 1 is 1.10 bits per heavy atom. The van der Waals surface area contributed by atoms with Gasteiger partial charge in [0.1, 0.15) is 17.3 Å². The summed E-state index contributed by atoms with van der Waals surface area (Å²) in [4.78, 5) is 11.7. The van der Waals surface area contributed by atoms with E-state index in [-0.39, 0.29) is 11.4 Å². The normalized spacial score (nSPS) is 10.3. The summed E-state index contributed by atoms with van der Waals surface area (Å²) in [6.07, 6.45) is 0. The predicted molar refractivity (Wildman–Crippen MR) is 78.1 cm³/mol. The van der Waals surface area contributed by atoms with Crippen molar-refractivity contribution in [2.45, 2.75) is 13.8 Å². The smallest absolute Gasteiger partial charge is 0.340 e. The molecular formula is C16H16FNO3. The fourth-order valence-electron chi connectivity index (χ4n) is 1.92. The van der Waals surface area contributed by atoms with Crippen molar-refractivity contribution in [3.8, 4) is 11.5 Å². The summed E-state index contributed by atoms with van der Waals surface area (Å²) in [5.74, 6) is 0.0874. The molecular weight excluding hydrogens is 273 g/mol. The maximum absolute atomic E-state index is 13.2. The SMILES string of the molecule is COC(=O)c1cc(Oc2ccc(F)c(C)c2)cc(C)c1N. The van der Waals surface area contributed by atoms with Crippen LogP contribution in [0.5, 0.6) is 11.5 Å². The highest BCUT2D eigenvalue weighted by Gasteiger charge is 2.14. The number of anilines is 1. The molecule has 0 atom stereocenters. The third-order valence-electron chi connectivity index (χ3n) is 3.13. The Kier molecular flexibility index (Phi) is 4.12. The van der Waals surface area contributed by atoms with Crippen LogP contribution < -0.4 is 10.5 Å². The zero-order valence-electron chi connectivity index (χ0n) is 12.1. The van der Waals surface area contributed by atoms with E-state index in [2.05, 4.69) is 4.74 Å². The average molecular weight is 289 g/mol. The lowest BCUT2D eigenvalue weighted by atomic mass is 10.1. The van der Waals surface area contributed by atoms with Gasteiger partial charge in [-0.25, -0.2) is 9.18 Å². The van der Waals surface area contributed by atoms with E-state index in [9.17, 15) is 9.18 Å². The lowest BCUT2D eigenvalue weighted by Crippen LogP contribution is -2.07. The first-order valence-electron chi connectivity index (χ1n) is 6.35. The third-order valence-corrected chi connectivity index (χ3v) is 3.13. The molecule has 0 heterocycles. The molecule has 2 N–H and O–H groups in total. The monoisotopic (exact) mass is 289 g/mol. The molecule has 5 heteroatoms. The zero-order valence-corrected chi connectivity index (χ0v) is 12.1. The largest absolute Gasteiger partial charge is 0.465 e. The van der Waals surface area contributed by atoms with Crippen LogP contribution in [0.3, 0.4) is 0 Å². The molecule has 110 valence electrons. The molecule has 0 bridgehead atoms. The highest BCUT2D eigenvalue weighted by molar-refractivity contribution is 5.96. The van der Waals surface area contributed by atoms with Crippen molar-refractivity contribution in [1.82, 2.24) is 0 Å². The predicted octanol–water partition coefficient (Wildman–Crippen LogP) is 3.60. The van der Waals surface area contributed by atoms with Crippen molar-refractivity contribution in [1.29, 1.82) is 0 Å². The lowest BCUT2D eigenvalue weighted by molar-refractivity contribution is 0.0601. The van der Waals surface area contributed by atoms with E-state index in [4.69, 9.17) is 10.5 Å². The van der Waals surface area contributed by atoms with E-state index in [1.54, 1.807) is 26.0 Å². The van der Waals surface area contributed by atoms with Gasteiger partial charge in [-0.3, -0.25) is 0 Å². The summed E-state index contributed by atoms with van der Waals surface area (Å²) < 4.78 is 23.6. The summed E-state index contributed by atoms with van der Waals surface area (Å²) in [5, 5.41) is 0. The van der Waals surface area contributed by atoms with Crippen molar-refractivity contribution >= 4 is 11.7 Å². The summed E-state index contributed by atoms with van der Waals surface area (Å²) in [6, 6.07) is 7.65. The Bertz CT molecular complexity index is 698. The summed E-state index contributed by atoms with van der Waals surface area (Å²) in [6.45, 7) is 3.42. The molecule has 0 amide bonds. The molecule has 0 aliphatic rings. The Hall–Kier alpha value is -2.56. The number of aryl methyl sites for hydroxylation is 2. The Balaban J connectivity index is 2.38. The van der Waals surface area contributed by atoms with Gasteiger partial charge in [-0.15, -0.1) is 0 Å². The van der Waals surface area contributed by atoms with Gasteiger partial charge in [-0.05, 0) is 55.3 Å². The van der Waals surface area contributed by atoms with E-state index in [1.807, 2.05) is 0 Å². The van der Waals surface area contributed by atoms with Crippen LogP contribution in [-0.4, -0.2) is 13.1 Å². The molecule has 0 radical (unpaired) electrons. The van der Waals surface area contributed by atoms with Gasteiger partial charge >= 0.3 is 5.97 Å². The van der Waals surface area contributed by atoms with Gasteiger partial charge in [-0.1, -0.05) is 0 Å². The number of rotatable bonds is 3. The van der Waals surface area contributed by atoms with Crippen molar-refractivity contribution in [3.05, 3.63) is 52.8 Å². The first-order valence-corrected chi connectivity index (χ1v) is 6.35. The maximum atomic E-state index is 13.2. The van der Waals surface area contributed by atoms with Gasteiger partial charge in [-0.2, -0.15) is 0 Å². The second-order valence-corrected chi connectivity index (χ2v) is 4.71. The highest BCUT2D eigenvalue weighted by Crippen LogP contribution is 2.29. The van der Waals surface area contributed by atoms with Crippen LogP contribution in [0.2, 0.25) is 0 Å². The molecule has 0 spiro atoms. The minimum Gasteiger partial charge on any atom is -0.465 e. The topological polar surface area (TPSA) is 61.5 Å². The van der Waals surface area contributed by atoms with Gasteiger partial charge in [0.15, 0.2) is 0 Å². The molecule has 0 unspecified atom stereocenters.